The monoisotopic (exact) mass is 298 g/mol. The van der Waals surface area contributed by atoms with E-state index in [4.69, 9.17) is 4.74 Å². The summed E-state index contributed by atoms with van der Waals surface area (Å²) in [5.41, 5.74) is 0. The van der Waals surface area contributed by atoms with Gasteiger partial charge in [0.05, 0.1) is 12.4 Å². The summed E-state index contributed by atoms with van der Waals surface area (Å²) in [6.07, 6.45) is 4.21. The number of rotatable bonds is 6. The number of sulfonamides is 1. The first-order valence-electron chi connectivity index (χ1n) is 6.43. The minimum absolute atomic E-state index is 0. The van der Waals surface area contributed by atoms with Crippen LogP contribution in [0.5, 0.6) is 0 Å². The van der Waals surface area contributed by atoms with Crippen LogP contribution in [0.2, 0.25) is 0 Å². The van der Waals surface area contributed by atoms with Gasteiger partial charge in [-0.25, -0.2) is 13.1 Å². The Kier molecular flexibility index (Phi) is 6.34. The number of fused-ring (bicyclic) bond motifs is 2. The van der Waals surface area contributed by atoms with E-state index in [-0.39, 0.29) is 30.8 Å². The topological polar surface area (TPSA) is 67.4 Å². The van der Waals surface area contributed by atoms with Crippen LogP contribution in [0.4, 0.5) is 0 Å². The van der Waals surface area contributed by atoms with Crippen LogP contribution in [0, 0.1) is 0 Å². The highest BCUT2D eigenvalue weighted by Gasteiger charge is 2.34. The Labute approximate surface area is 116 Å². The van der Waals surface area contributed by atoms with Crippen molar-refractivity contribution < 1.29 is 13.2 Å². The van der Waals surface area contributed by atoms with Crippen LogP contribution in [0.25, 0.3) is 0 Å². The molecule has 2 rings (SSSR count). The van der Waals surface area contributed by atoms with Crippen LogP contribution in [-0.2, 0) is 14.8 Å². The second-order valence-electron chi connectivity index (χ2n) is 4.94. The smallest absolute Gasteiger partial charge is 0.214 e. The molecule has 0 spiro atoms. The lowest BCUT2D eigenvalue weighted by molar-refractivity contribution is 0.163. The standard InChI is InChI=1S/C11H22N2O3S.ClH/c1-2-16-5-6-17(14,15)13-11-7-9-3-4-10(8-11)12-9;/h9-13H,2-8H2,1H3;1H. The molecule has 2 unspecified atom stereocenters. The average Bonchev–Trinajstić information content (AvgIpc) is 2.58. The van der Waals surface area contributed by atoms with Gasteiger partial charge in [0, 0.05) is 24.7 Å². The van der Waals surface area contributed by atoms with Crippen LogP contribution < -0.4 is 10.0 Å². The molecule has 2 heterocycles. The molecule has 2 aliphatic heterocycles. The maximum atomic E-state index is 11.8. The van der Waals surface area contributed by atoms with Crippen molar-refractivity contribution in [1.82, 2.24) is 10.0 Å². The summed E-state index contributed by atoms with van der Waals surface area (Å²) in [5.74, 6) is 0.0695. The van der Waals surface area contributed by atoms with Gasteiger partial charge >= 0.3 is 0 Å². The molecule has 0 amide bonds. The van der Waals surface area contributed by atoms with Crippen molar-refractivity contribution in [2.24, 2.45) is 0 Å². The fraction of sp³-hybridized carbons (Fsp3) is 1.00. The van der Waals surface area contributed by atoms with Gasteiger partial charge in [-0.2, -0.15) is 0 Å². The highest BCUT2D eigenvalue weighted by atomic mass is 35.5. The third kappa shape index (κ3) is 4.66. The van der Waals surface area contributed by atoms with Crippen molar-refractivity contribution >= 4 is 22.4 Å². The fourth-order valence-corrected chi connectivity index (χ4v) is 3.93. The van der Waals surface area contributed by atoms with E-state index in [1.165, 1.54) is 12.8 Å². The Morgan fingerprint density at radius 2 is 1.89 bits per heavy atom. The first kappa shape index (κ1) is 16.2. The van der Waals surface area contributed by atoms with Crippen LogP contribution in [0.1, 0.15) is 32.6 Å². The molecule has 0 aromatic carbocycles. The van der Waals surface area contributed by atoms with Crippen molar-refractivity contribution in [1.29, 1.82) is 0 Å². The molecule has 7 heteroatoms. The van der Waals surface area contributed by atoms with Gasteiger partial charge in [0.2, 0.25) is 10.0 Å². The van der Waals surface area contributed by atoms with Gasteiger partial charge in [-0.15, -0.1) is 12.4 Å². The summed E-state index contributed by atoms with van der Waals surface area (Å²) in [4.78, 5) is 0. The van der Waals surface area contributed by atoms with E-state index >= 15 is 0 Å². The van der Waals surface area contributed by atoms with E-state index in [2.05, 4.69) is 10.0 Å². The molecule has 0 radical (unpaired) electrons. The maximum Gasteiger partial charge on any atom is 0.214 e. The quantitative estimate of drug-likeness (QED) is 0.707. The van der Waals surface area contributed by atoms with E-state index in [1.54, 1.807) is 0 Å². The molecule has 2 aliphatic rings. The molecule has 0 aromatic heterocycles. The van der Waals surface area contributed by atoms with Gasteiger partial charge in [-0.1, -0.05) is 0 Å². The van der Waals surface area contributed by atoms with Crippen molar-refractivity contribution in [3.63, 3.8) is 0 Å². The predicted octanol–water partition coefficient (Wildman–Crippen LogP) is 0.647. The Bertz CT molecular complexity index is 338. The van der Waals surface area contributed by atoms with Crippen molar-refractivity contribution in [3.05, 3.63) is 0 Å². The minimum atomic E-state index is -3.18. The summed E-state index contributed by atoms with van der Waals surface area (Å²) in [6, 6.07) is 1.13. The van der Waals surface area contributed by atoms with Crippen LogP contribution in [-0.4, -0.2) is 45.5 Å². The number of ether oxygens (including phenoxy) is 1. The lowest BCUT2D eigenvalue weighted by Gasteiger charge is -2.29. The summed E-state index contributed by atoms with van der Waals surface area (Å²) < 4.78 is 31.5. The molecule has 108 valence electrons. The summed E-state index contributed by atoms with van der Waals surface area (Å²) in [6.45, 7) is 2.71. The van der Waals surface area contributed by atoms with E-state index in [0.29, 0.717) is 18.7 Å². The summed E-state index contributed by atoms with van der Waals surface area (Å²) in [5, 5.41) is 3.50. The lowest BCUT2D eigenvalue weighted by Crippen LogP contribution is -2.48. The van der Waals surface area contributed by atoms with E-state index in [1.807, 2.05) is 6.92 Å². The third-order valence-corrected chi connectivity index (χ3v) is 4.92. The van der Waals surface area contributed by atoms with Gasteiger partial charge in [-0.3, -0.25) is 0 Å². The van der Waals surface area contributed by atoms with Crippen molar-refractivity contribution in [3.8, 4) is 0 Å². The molecular weight excluding hydrogens is 276 g/mol. The molecule has 2 atom stereocenters. The SMILES string of the molecule is CCOCCS(=O)(=O)NC1CC2CCC(C1)N2.Cl. The zero-order valence-electron chi connectivity index (χ0n) is 10.7. The molecular formula is C11H23ClN2O3S. The van der Waals surface area contributed by atoms with Crippen LogP contribution in [0.3, 0.4) is 0 Å². The number of hydrogen-bond donors (Lipinski definition) is 2. The Morgan fingerprint density at radius 3 is 2.44 bits per heavy atom. The zero-order valence-corrected chi connectivity index (χ0v) is 12.4. The van der Waals surface area contributed by atoms with Gasteiger partial charge in [0.25, 0.3) is 0 Å². The molecule has 0 aliphatic carbocycles. The average molecular weight is 299 g/mol. The molecule has 2 N–H and O–H groups in total. The molecule has 2 saturated heterocycles. The van der Waals surface area contributed by atoms with Crippen molar-refractivity contribution in [2.45, 2.75) is 50.7 Å². The van der Waals surface area contributed by atoms with Gasteiger partial charge in [-0.05, 0) is 32.6 Å². The molecule has 18 heavy (non-hydrogen) atoms. The maximum absolute atomic E-state index is 11.8. The second kappa shape index (κ2) is 7.05. The van der Waals surface area contributed by atoms with Gasteiger partial charge < -0.3 is 10.1 Å². The Morgan fingerprint density at radius 1 is 1.28 bits per heavy atom. The molecule has 2 bridgehead atoms. The fourth-order valence-electron chi connectivity index (χ4n) is 2.78. The number of hydrogen-bond acceptors (Lipinski definition) is 4. The largest absolute Gasteiger partial charge is 0.381 e. The van der Waals surface area contributed by atoms with Gasteiger partial charge in [0.15, 0.2) is 0 Å². The number of nitrogens with one attached hydrogen (secondary N) is 2. The first-order chi connectivity index (χ1) is 8.09. The predicted molar refractivity (Wildman–Crippen MR) is 73.6 cm³/mol. The summed E-state index contributed by atoms with van der Waals surface area (Å²) in [7, 11) is -3.18. The highest BCUT2D eigenvalue weighted by molar-refractivity contribution is 7.89. The highest BCUT2D eigenvalue weighted by Crippen LogP contribution is 2.27. The van der Waals surface area contributed by atoms with E-state index in [9.17, 15) is 8.42 Å². The molecule has 0 saturated carbocycles. The van der Waals surface area contributed by atoms with E-state index in [0.717, 1.165) is 12.8 Å². The van der Waals surface area contributed by atoms with Gasteiger partial charge in [0.1, 0.15) is 0 Å². The Balaban J connectivity index is 0.00000162. The van der Waals surface area contributed by atoms with Crippen LogP contribution in [0.15, 0.2) is 0 Å². The van der Waals surface area contributed by atoms with Crippen LogP contribution >= 0.6 is 12.4 Å². The Hall–Kier alpha value is 0.120. The number of halogens is 1. The normalized spacial score (nSPS) is 31.1. The second-order valence-corrected chi connectivity index (χ2v) is 6.81. The number of piperidine rings is 1. The zero-order chi connectivity index (χ0) is 12.3. The lowest BCUT2D eigenvalue weighted by atomic mass is 10.0. The summed E-state index contributed by atoms with van der Waals surface area (Å²) >= 11 is 0. The third-order valence-electron chi connectivity index (χ3n) is 3.52. The van der Waals surface area contributed by atoms with Crippen molar-refractivity contribution in [2.75, 3.05) is 19.0 Å². The molecule has 5 nitrogen and oxygen atoms in total. The first-order valence-corrected chi connectivity index (χ1v) is 8.08. The minimum Gasteiger partial charge on any atom is -0.381 e. The molecule has 0 aromatic rings. The molecule has 2 fully saturated rings. The van der Waals surface area contributed by atoms with E-state index < -0.39 is 10.0 Å².